The Labute approximate surface area is 202 Å². The molecule has 1 amide bonds. The van der Waals surface area contributed by atoms with E-state index in [4.69, 9.17) is 51.1 Å². The van der Waals surface area contributed by atoms with Crippen LogP contribution < -0.4 is 16.0 Å². The molecule has 0 aromatic heterocycles. The van der Waals surface area contributed by atoms with Crippen molar-refractivity contribution in [1.29, 1.82) is 0 Å². The molecule has 1 aromatic rings. The Bertz CT molecular complexity index is 813. The summed E-state index contributed by atoms with van der Waals surface area (Å²) >= 11 is 24.7. The minimum atomic E-state index is -1.55. The maximum atomic E-state index is 12.6. The monoisotopic (exact) mass is 509 g/mol. The molecule has 1 aromatic carbocycles. The molecule has 3 N–H and O–H groups in total. The number of benzene rings is 1. The number of hydrogen-bond donors (Lipinski definition) is 3. The van der Waals surface area contributed by atoms with Crippen LogP contribution in [-0.4, -0.2) is 62.9 Å². The van der Waals surface area contributed by atoms with Crippen LogP contribution in [0.3, 0.4) is 0 Å². The van der Waals surface area contributed by atoms with Crippen LogP contribution in [0.1, 0.15) is 38.9 Å². The molecule has 0 saturated carbocycles. The first kappa shape index (κ1) is 23.6. The van der Waals surface area contributed by atoms with Gasteiger partial charge < -0.3 is 9.64 Å². The molecule has 0 spiro atoms. The van der Waals surface area contributed by atoms with E-state index in [0.717, 1.165) is 12.0 Å². The largest absolute Gasteiger partial charge is 0.444 e. The van der Waals surface area contributed by atoms with Crippen molar-refractivity contribution in [3.63, 3.8) is 0 Å². The molecule has 0 radical (unpaired) electrons. The van der Waals surface area contributed by atoms with Gasteiger partial charge >= 0.3 is 6.09 Å². The summed E-state index contributed by atoms with van der Waals surface area (Å²) in [5.41, 5.74) is 0.468. The molecule has 7 nitrogen and oxygen atoms in total. The van der Waals surface area contributed by atoms with Gasteiger partial charge in [0.1, 0.15) is 18.1 Å². The van der Waals surface area contributed by atoms with E-state index in [9.17, 15) is 4.79 Å². The summed E-state index contributed by atoms with van der Waals surface area (Å²) in [6.07, 6.45) is -0.436. The number of nitrogens with zero attached hydrogens (tertiary/aromatic N) is 2. The summed E-state index contributed by atoms with van der Waals surface area (Å²) in [5.74, 6) is 0. The zero-order valence-electron chi connectivity index (χ0n) is 17.5. The van der Waals surface area contributed by atoms with E-state index in [-0.39, 0.29) is 30.6 Å². The van der Waals surface area contributed by atoms with Crippen molar-refractivity contribution in [3.05, 3.63) is 34.9 Å². The summed E-state index contributed by atoms with van der Waals surface area (Å²) in [7, 11) is 0. The van der Waals surface area contributed by atoms with Gasteiger partial charge in [0.05, 0.1) is 6.17 Å². The van der Waals surface area contributed by atoms with Gasteiger partial charge in [-0.15, -0.1) is 0 Å². The Balaban J connectivity index is 1.47. The zero-order chi connectivity index (χ0) is 22.6. The van der Waals surface area contributed by atoms with Crippen LogP contribution in [-0.2, 0) is 4.74 Å². The maximum absolute atomic E-state index is 12.6. The quantitative estimate of drug-likeness (QED) is 0.526. The second-order valence-electron chi connectivity index (χ2n) is 9.23. The summed E-state index contributed by atoms with van der Waals surface area (Å²) in [5, 5.41) is 10.9. The molecule has 4 rings (SSSR count). The van der Waals surface area contributed by atoms with Crippen molar-refractivity contribution >= 4 is 52.5 Å². The molecular formula is C20H27Cl4N5O2. The predicted molar refractivity (Wildman–Crippen MR) is 123 cm³/mol. The smallest absolute Gasteiger partial charge is 0.410 e. The van der Waals surface area contributed by atoms with Gasteiger partial charge in [0.25, 0.3) is 0 Å². The number of ether oxygens (including phenoxy) is 1. The van der Waals surface area contributed by atoms with E-state index in [1.54, 1.807) is 0 Å². The normalized spacial score (nSPS) is 31.8. The molecule has 11 heteroatoms. The van der Waals surface area contributed by atoms with E-state index in [2.05, 4.69) is 20.9 Å². The number of rotatable bonds is 2. The standard InChI is InChI=1S/C20H27Cl4N5O2/c1-19(2,3)31-18(30)29-10-13-8-14(29)9-28(13)17-26-15(11-4-6-12(21)7-5-11)25-16(27-17)20(22,23)24/h4-7,13-17,25-27H,8-10H2,1-3H3. The Kier molecular flexibility index (Phi) is 6.63. The zero-order valence-corrected chi connectivity index (χ0v) is 20.6. The van der Waals surface area contributed by atoms with Gasteiger partial charge in [-0.1, -0.05) is 58.5 Å². The van der Waals surface area contributed by atoms with E-state index in [0.29, 0.717) is 18.1 Å². The molecule has 0 aliphatic carbocycles. The van der Waals surface area contributed by atoms with Gasteiger partial charge in [0.15, 0.2) is 0 Å². The highest BCUT2D eigenvalue weighted by molar-refractivity contribution is 6.68. The first-order chi connectivity index (χ1) is 14.4. The molecule has 3 aliphatic rings. The van der Waals surface area contributed by atoms with Crippen LogP contribution in [0.4, 0.5) is 4.79 Å². The van der Waals surface area contributed by atoms with Crippen LogP contribution >= 0.6 is 46.4 Å². The van der Waals surface area contributed by atoms with Crippen LogP contribution in [0.5, 0.6) is 0 Å². The number of nitrogens with one attached hydrogen (secondary N) is 3. The molecule has 31 heavy (non-hydrogen) atoms. The van der Waals surface area contributed by atoms with E-state index >= 15 is 0 Å². The Morgan fingerprint density at radius 2 is 1.71 bits per heavy atom. The lowest BCUT2D eigenvalue weighted by Crippen LogP contribution is -2.73. The van der Waals surface area contributed by atoms with Gasteiger partial charge in [-0.2, -0.15) is 0 Å². The second-order valence-corrected chi connectivity index (χ2v) is 12.0. The molecule has 5 unspecified atom stereocenters. The predicted octanol–water partition coefficient (Wildman–Crippen LogP) is 3.79. The third-order valence-corrected chi connectivity index (χ3v) is 6.66. The van der Waals surface area contributed by atoms with Gasteiger partial charge in [-0.3, -0.25) is 20.9 Å². The van der Waals surface area contributed by atoms with Crippen molar-refractivity contribution < 1.29 is 9.53 Å². The number of carbonyl (C=O) groups excluding carboxylic acids is 1. The number of fused-ring (bicyclic) bond motifs is 2. The number of alkyl halides is 3. The Morgan fingerprint density at radius 1 is 1.03 bits per heavy atom. The fourth-order valence-electron chi connectivity index (χ4n) is 4.41. The molecule has 3 fully saturated rings. The molecule has 3 heterocycles. The number of amides is 1. The minimum absolute atomic E-state index is 0.0959. The molecule has 2 bridgehead atoms. The number of hydrogen-bond acceptors (Lipinski definition) is 6. The van der Waals surface area contributed by atoms with E-state index in [1.807, 2.05) is 49.9 Å². The topological polar surface area (TPSA) is 68.9 Å². The minimum Gasteiger partial charge on any atom is -0.444 e. The first-order valence-corrected chi connectivity index (χ1v) is 11.8. The number of piperazine rings is 1. The molecule has 3 aliphatic heterocycles. The second kappa shape index (κ2) is 8.69. The highest BCUT2D eigenvalue weighted by atomic mass is 35.6. The fourth-order valence-corrected chi connectivity index (χ4v) is 4.92. The average Bonchev–Trinajstić information content (AvgIpc) is 3.27. The summed E-state index contributed by atoms with van der Waals surface area (Å²) in [6.45, 7) is 6.94. The van der Waals surface area contributed by atoms with Crippen molar-refractivity contribution in [2.75, 3.05) is 13.1 Å². The number of carbonyl (C=O) groups is 1. The average molecular weight is 511 g/mol. The Morgan fingerprint density at radius 3 is 2.26 bits per heavy atom. The van der Waals surface area contributed by atoms with E-state index < -0.39 is 15.6 Å². The van der Waals surface area contributed by atoms with Crippen molar-refractivity contribution in [1.82, 2.24) is 25.8 Å². The SMILES string of the molecule is CC(C)(C)OC(=O)N1CC2CC1CN2C1NC(c2ccc(Cl)cc2)NC(C(Cl)(Cl)Cl)N1. The lowest BCUT2D eigenvalue weighted by atomic mass is 10.1. The van der Waals surface area contributed by atoms with Crippen LogP contribution in [0.25, 0.3) is 0 Å². The number of likely N-dealkylation sites (tertiary alicyclic amines) is 2. The molecule has 3 saturated heterocycles. The van der Waals surface area contributed by atoms with Crippen molar-refractivity contribution in [2.45, 2.75) is 67.3 Å². The maximum Gasteiger partial charge on any atom is 0.410 e. The summed E-state index contributed by atoms with van der Waals surface area (Å²) in [4.78, 5) is 16.7. The van der Waals surface area contributed by atoms with Crippen LogP contribution in [0.2, 0.25) is 5.02 Å². The van der Waals surface area contributed by atoms with Gasteiger partial charge in [0, 0.05) is 30.2 Å². The van der Waals surface area contributed by atoms with Gasteiger partial charge in [-0.25, -0.2) is 4.79 Å². The van der Waals surface area contributed by atoms with Crippen molar-refractivity contribution in [2.24, 2.45) is 0 Å². The third-order valence-electron chi connectivity index (χ3n) is 5.76. The third kappa shape index (κ3) is 5.36. The van der Waals surface area contributed by atoms with Gasteiger partial charge in [-0.05, 0) is 44.9 Å². The highest BCUT2D eigenvalue weighted by Crippen LogP contribution is 2.36. The van der Waals surface area contributed by atoms with E-state index in [1.165, 1.54) is 0 Å². The lowest BCUT2D eigenvalue weighted by molar-refractivity contribution is -0.00624. The lowest BCUT2D eigenvalue weighted by Gasteiger charge is -2.47. The summed E-state index contributed by atoms with van der Waals surface area (Å²) < 4.78 is 4.02. The molecule has 5 atom stereocenters. The van der Waals surface area contributed by atoms with Crippen LogP contribution in [0, 0.1) is 0 Å². The fraction of sp³-hybridized carbons (Fsp3) is 0.650. The highest BCUT2D eigenvalue weighted by Gasteiger charge is 2.51. The van der Waals surface area contributed by atoms with Crippen LogP contribution in [0.15, 0.2) is 24.3 Å². The molecular weight excluding hydrogens is 484 g/mol. The first-order valence-electron chi connectivity index (χ1n) is 10.3. The van der Waals surface area contributed by atoms with Gasteiger partial charge in [0.2, 0.25) is 3.79 Å². The molecule has 172 valence electrons. The number of halogens is 4. The van der Waals surface area contributed by atoms with Crippen molar-refractivity contribution in [3.8, 4) is 0 Å². The Hall–Kier alpha value is -0.510. The summed E-state index contributed by atoms with van der Waals surface area (Å²) in [6, 6.07) is 7.81.